The molecule has 1 aromatic carbocycles. The molecule has 9 heteroatoms. The average Bonchev–Trinajstić information content (AvgIpc) is 2.97. The Labute approximate surface area is 150 Å². The van der Waals surface area contributed by atoms with Crippen molar-refractivity contribution >= 4 is 32.7 Å². The van der Waals surface area contributed by atoms with Crippen LogP contribution in [0.25, 0.3) is 11.0 Å². The van der Waals surface area contributed by atoms with Crippen LogP contribution in [0.5, 0.6) is 0 Å². The third-order valence-corrected chi connectivity index (χ3v) is 5.42. The monoisotopic (exact) mass is 374 g/mol. The molecule has 26 heavy (non-hydrogen) atoms. The smallest absolute Gasteiger partial charge is 0.335 e. The first-order valence-corrected chi connectivity index (χ1v) is 9.37. The highest BCUT2D eigenvalue weighted by atomic mass is 32.2. The van der Waals surface area contributed by atoms with E-state index < -0.39 is 16.0 Å². The Morgan fingerprint density at radius 1 is 1.23 bits per heavy atom. The number of aromatic carboxylic acids is 1. The zero-order valence-corrected chi connectivity index (χ0v) is 15.3. The van der Waals surface area contributed by atoms with Gasteiger partial charge in [0.05, 0.1) is 28.5 Å². The molecule has 2 aromatic heterocycles. The maximum atomic E-state index is 12.7. The number of nitrogens with one attached hydrogen (secondary N) is 1. The standard InChI is InChI=1S/C17H18N4O4S/c1-10(2)21-16-13(8-19-21)6-14(9-18-16)20-26(24,25)15-7-12(17(22)23)5-4-11(15)3/h4-10,20H,1-3H3,(H,22,23). The Morgan fingerprint density at radius 2 is 1.96 bits per heavy atom. The highest BCUT2D eigenvalue weighted by molar-refractivity contribution is 7.92. The van der Waals surface area contributed by atoms with Crippen LogP contribution in [0, 0.1) is 6.92 Å². The Hall–Kier alpha value is -2.94. The van der Waals surface area contributed by atoms with Crippen LogP contribution in [0.3, 0.4) is 0 Å². The summed E-state index contributed by atoms with van der Waals surface area (Å²) in [5.74, 6) is -1.19. The van der Waals surface area contributed by atoms with E-state index in [0.717, 1.165) is 6.07 Å². The lowest BCUT2D eigenvalue weighted by Gasteiger charge is -2.11. The first kappa shape index (κ1) is 17.9. The minimum atomic E-state index is -3.96. The van der Waals surface area contributed by atoms with Crippen molar-refractivity contribution in [3.63, 3.8) is 0 Å². The Kier molecular flexibility index (Phi) is 4.41. The molecule has 136 valence electrons. The molecule has 0 spiro atoms. The van der Waals surface area contributed by atoms with Gasteiger partial charge >= 0.3 is 5.97 Å². The number of aromatic nitrogens is 3. The van der Waals surface area contributed by atoms with Gasteiger partial charge in [0.25, 0.3) is 10.0 Å². The lowest BCUT2D eigenvalue weighted by atomic mass is 10.1. The minimum Gasteiger partial charge on any atom is -0.478 e. The normalized spacial score (nSPS) is 11.8. The molecule has 0 unspecified atom stereocenters. The van der Waals surface area contributed by atoms with E-state index in [9.17, 15) is 13.2 Å². The van der Waals surface area contributed by atoms with E-state index in [0.29, 0.717) is 16.6 Å². The van der Waals surface area contributed by atoms with E-state index in [1.165, 1.54) is 18.3 Å². The maximum Gasteiger partial charge on any atom is 0.335 e. The molecule has 2 N–H and O–H groups in total. The molecule has 0 saturated heterocycles. The highest BCUT2D eigenvalue weighted by Gasteiger charge is 2.20. The number of benzene rings is 1. The van der Waals surface area contributed by atoms with E-state index in [1.807, 2.05) is 13.8 Å². The Balaban J connectivity index is 1.99. The molecule has 0 amide bonds. The number of carboxylic acids is 1. The first-order chi connectivity index (χ1) is 12.2. The van der Waals surface area contributed by atoms with Gasteiger partial charge in [-0.1, -0.05) is 6.07 Å². The molecule has 0 atom stereocenters. The number of carboxylic acid groups (broad SMARTS) is 1. The fourth-order valence-corrected chi connectivity index (χ4v) is 3.91. The summed E-state index contributed by atoms with van der Waals surface area (Å²) < 4.78 is 29.6. The number of carbonyl (C=O) groups is 1. The lowest BCUT2D eigenvalue weighted by Crippen LogP contribution is -2.15. The quantitative estimate of drug-likeness (QED) is 0.710. The van der Waals surface area contributed by atoms with Crippen molar-refractivity contribution in [3.8, 4) is 0 Å². The van der Waals surface area contributed by atoms with Crippen LogP contribution >= 0.6 is 0 Å². The van der Waals surface area contributed by atoms with Crippen molar-refractivity contribution in [3.05, 3.63) is 47.8 Å². The van der Waals surface area contributed by atoms with E-state index in [4.69, 9.17) is 5.11 Å². The van der Waals surface area contributed by atoms with Crippen LogP contribution in [0.4, 0.5) is 5.69 Å². The summed E-state index contributed by atoms with van der Waals surface area (Å²) in [4.78, 5) is 15.3. The predicted octanol–water partition coefficient (Wildman–Crippen LogP) is 2.82. The molecule has 0 aliphatic heterocycles. The van der Waals surface area contributed by atoms with Gasteiger partial charge in [0.2, 0.25) is 0 Å². The second-order valence-corrected chi connectivity index (χ2v) is 7.86. The maximum absolute atomic E-state index is 12.7. The summed E-state index contributed by atoms with van der Waals surface area (Å²) in [6.45, 7) is 5.56. The lowest BCUT2D eigenvalue weighted by molar-refractivity contribution is 0.0696. The van der Waals surface area contributed by atoms with Crippen LogP contribution in [0.2, 0.25) is 0 Å². The zero-order valence-electron chi connectivity index (χ0n) is 14.5. The van der Waals surface area contributed by atoms with Gasteiger partial charge < -0.3 is 5.11 Å². The number of nitrogens with zero attached hydrogens (tertiary/aromatic N) is 3. The van der Waals surface area contributed by atoms with E-state index in [2.05, 4.69) is 14.8 Å². The van der Waals surface area contributed by atoms with Crippen molar-refractivity contribution in [1.29, 1.82) is 0 Å². The number of fused-ring (bicyclic) bond motifs is 1. The van der Waals surface area contributed by atoms with Gasteiger partial charge in [0, 0.05) is 11.4 Å². The Morgan fingerprint density at radius 3 is 2.62 bits per heavy atom. The van der Waals surface area contributed by atoms with Crippen LogP contribution in [-0.4, -0.2) is 34.3 Å². The number of anilines is 1. The van der Waals surface area contributed by atoms with Crippen LogP contribution < -0.4 is 4.72 Å². The van der Waals surface area contributed by atoms with Gasteiger partial charge in [-0.25, -0.2) is 22.9 Å². The Bertz CT molecular complexity index is 1100. The SMILES string of the molecule is Cc1ccc(C(=O)O)cc1S(=O)(=O)Nc1cnc2c(cnn2C(C)C)c1. The summed E-state index contributed by atoms with van der Waals surface area (Å²) in [6.07, 6.45) is 3.03. The molecule has 0 aliphatic carbocycles. The molecule has 0 radical (unpaired) electrons. The number of aryl methyl sites for hydroxylation is 1. The van der Waals surface area contributed by atoms with Gasteiger partial charge in [0.15, 0.2) is 5.65 Å². The van der Waals surface area contributed by atoms with Gasteiger partial charge in [0.1, 0.15) is 0 Å². The van der Waals surface area contributed by atoms with E-state index in [1.54, 1.807) is 23.9 Å². The molecular formula is C17H18N4O4S. The molecule has 0 fully saturated rings. The van der Waals surface area contributed by atoms with Crippen molar-refractivity contribution in [2.45, 2.75) is 31.7 Å². The average molecular weight is 374 g/mol. The van der Waals surface area contributed by atoms with E-state index >= 15 is 0 Å². The minimum absolute atomic E-state index is 0.0876. The second kappa shape index (κ2) is 6.41. The molecule has 3 rings (SSSR count). The molecule has 2 heterocycles. The highest BCUT2D eigenvalue weighted by Crippen LogP contribution is 2.23. The fourth-order valence-electron chi connectivity index (χ4n) is 2.61. The number of pyridine rings is 1. The van der Waals surface area contributed by atoms with Crippen molar-refractivity contribution in [1.82, 2.24) is 14.8 Å². The summed E-state index contributed by atoms with van der Waals surface area (Å²) in [5, 5.41) is 14.0. The third-order valence-electron chi connectivity index (χ3n) is 3.90. The van der Waals surface area contributed by atoms with Crippen LogP contribution in [0.15, 0.2) is 41.6 Å². The molecule has 0 bridgehead atoms. The topological polar surface area (TPSA) is 114 Å². The van der Waals surface area contributed by atoms with Gasteiger partial charge in [-0.2, -0.15) is 5.10 Å². The first-order valence-electron chi connectivity index (χ1n) is 7.89. The molecule has 0 aliphatic rings. The van der Waals surface area contributed by atoms with Crippen molar-refractivity contribution in [2.24, 2.45) is 0 Å². The molecule has 0 saturated carbocycles. The predicted molar refractivity (Wildman–Crippen MR) is 96.9 cm³/mol. The van der Waals surface area contributed by atoms with Gasteiger partial charge in [-0.3, -0.25) is 4.72 Å². The van der Waals surface area contributed by atoms with Crippen LogP contribution in [-0.2, 0) is 10.0 Å². The zero-order chi connectivity index (χ0) is 19.1. The molecule has 8 nitrogen and oxygen atoms in total. The van der Waals surface area contributed by atoms with Crippen LogP contribution in [0.1, 0.15) is 35.8 Å². The fraction of sp³-hybridized carbons (Fsp3) is 0.235. The summed E-state index contributed by atoms with van der Waals surface area (Å²) in [5.41, 5.74) is 1.29. The van der Waals surface area contributed by atoms with Crippen molar-refractivity contribution < 1.29 is 18.3 Å². The molecule has 3 aromatic rings. The number of sulfonamides is 1. The molecular weight excluding hydrogens is 356 g/mol. The van der Waals surface area contributed by atoms with Crippen molar-refractivity contribution in [2.75, 3.05) is 4.72 Å². The summed E-state index contributed by atoms with van der Waals surface area (Å²) >= 11 is 0. The van der Waals surface area contributed by atoms with E-state index in [-0.39, 0.29) is 22.2 Å². The summed E-state index contributed by atoms with van der Waals surface area (Å²) in [7, 11) is -3.96. The number of hydrogen-bond acceptors (Lipinski definition) is 5. The largest absolute Gasteiger partial charge is 0.478 e. The third kappa shape index (κ3) is 3.25. The summed E-state index contributed by atoms with van der Waals surface area (Å²) in [6, 6.07) is 5.74. The second-order valence-electron chi connectivity index (χ2n) is 6.21. The number of rotatable bonds is 5. The van der Waals surface area contributed by atoms with Gasteiger partial charge in [-0.15, -0.1) is 0 Å². The number of hydrogen-bond donors (Lipinski definition) is 2. The van der Waals surface area contributed by atoms with Gasteiger partial charge in [-0.05, 0) is 44.5 Å².